The van der Waals surface area contributed by atoms with Crippen molar-refractivity contribution in [1.29, 1.82) is 0 Å². The molecule has 0 aliphatic heterocycles. The van der Waals surface area contributed by atoms with Crippen molar-refractivity contribution in [2.24, 2.45) is 0 Å². The molecule has 0 radical (unpaired) electrons. The van der Waals surface area contributed by atoms with E-state index in [1.54, 1.807) is 29.8 Å². The molecule has 1 amide bonds. The van der Waals surface area contributed by atoms with Crippen molar-refractivity contribution in [3.05, 3.63) is 63.2 Å². The highest BCUT2D eigenvalue weighted by atomic mass is 19.3. The second-order valence-corrected chi connectivity index (χ2v) is 8.65. The number of nitrogens with zero attached hydrogens (tertiary/aromatic N) is 2. The molecule has 1 atom stereocenters. The Hall–Kier alpha value is -3.03. The van der Waals surface area contributed by atoms with E-state index in [1.807, 2.05) is 6.92 Å². The summed E-state index contributed by atoms with van der Waals surface area (Å²) in [6.07, 6.45) is 4.84. The van der Waals surface area contributed by atoms with Crippen molar-refractivity contribution in [3.8, 4) is 0 Å². The van der Waals surface area contributed by atoms with Crippen LogP contribution in [0.5, 0.6) is 0 Å². The van der Waals surface area contributed by atoms with Crippen molar-refractivity contribution in [1.82, 2.24) is 20.1 Å². The SMILES string of the molecule is C[C@@H](NC(=O)c1cn(C2(C)CC2)c(=O)c2cn[nH]c12)c1cccc2c1CCC2(F)F. The van der Waals surface area contributed by atoms with E-state index in [-0.39, 0.29) is 35.4 Å². The van der Waals surface area contributed by atoms with Gasteiger partial charge in [-0.2, -0.15) is 5.10 Å². The minimum Gasteiger partial charge on any atom is -0.345 e. The van der Waals surface area contributed by atoms with Gasteiger partial charge < -0.3 is 9.88 Å². The number of nitrogens with one attached hydrogen (secondary N) is 2. The van der Waals surface area contributed by atoms with Crippen LogP contribution in [-0.4, -0.2) is 20.7 Å². The van der Waals surface area contributed by atoms with Crippen LogP contribution < -0.4 is 10.9 Å². The van der Waals surface area contributed by atoms with Crippen LogP contribution >= 0.6 is 0 Å². The molecule has 0 bridgehead atoms. The van der Waals surface area contributed by atoms with Gasteiger partial charge in [-0.25, -0.2) is 8.78 Å². The van der Waals surface area contributed by atoms with Gasteiger partial charge in [0.05, 0.1) is 28.7 Å². The molecule has 0 unspecified atom stereocenters. The van der Waals surface area contributed by atoms with Crippen LogP contribution in [0.15, 0.2) is 35.4 Å². The lowest BCUT2D eigenvalue weighted by molar-refractivity contribution is -0.00185. The normalized spacial score (nSPS) is 19.5. The number of aromatic nitrogens is 3. The van der Waals surface area contributed by atoms with E-state index < -0.39 is 12.0 Å². The maximum absolute atomic E-state index is 14.1. The number of pyridine rings is 1. The number of fused-ring (bicyclic) bond motifs is 2. The zero-order valence-corrected chi connectivity index (χ0v) is 16.8. The second kappa shape index (κ2) is 6.23. The maximum atomic E-state index is 14.1. The summed E-state index contributed by atoms with van der Waals surface area (Å²) in [5, 5.41) is 9.99. The fourth-order valence-corrected chi connectivity index (χ4v) is 4.43. The van der Waals surface area contributed by atoms with Crippen molar-refractivity contribution >= 4 is 16.8 Å². The van der Waals surface area contributed by atoms with E-state index in [0.717, 1.165) is 12.8 Å². The quantitative estimate of drug-likeness (QED) is 0.685. The molecule has 156 valence electrons. The molecular formula is C22H22F2N4O2. The van der Waals surface area contributed by atoms with Gasteiger partial charge >= 0.3 is 0 Å². The summed E-state index contributed by atoms with van der Waals surface area (Å²) in [5.41, 5.74) is 1.60. The van der Waals surface area contributed by atoms with Gasteiger partial charge in [0, 0.05) is 23.7 Å². The summed E-state index contributed by atoms with van der Waals surface area (Å²) >= 11 is 0. The molecule has 6 nitrogen and oxygen atoms in total. The van der Waals surface area contributed by atoms with Crippen LogP contribution in [0, 0.1) is 0 Å². The van der Waals surface area contributed by atoms with Gasteiger partial charge in [-0.15, -0.1) is 0 Å². The van der Waals surface area contributed by atoms with Crippen molar-refractivity contribution in [2.75, 3.05) is 0 Å². The number of benzene rings is 1. The third-order valence-electron chi connectivity index (χ3n) is 6.53. The third-order valence-corrected chi connectivity index (χ3v) is 6.53. The number of amides is 1. The largest absolute Gasteiger partial charge is 0.345 e. The Morgan fingerprint density at radius 1 is 1.30 bits per heavy atom. The lowest BCUT2D eigenvalue weighted by Gasteiger charge is -2.20. The highest BCUT2D eigenvalue weighted by Gasteiger charge is 2.42. The van der Waals surface area contributed by atoms with E-state index in [4.69, 9.17) is 0 Å². The lowest BCUT2D eigenvalue weighted by atomic mass is 9.97. The first-order valence-corrected chi connectivity index (χ1v) is 10.1. The lowest BCUT2D eigenvalue weighted by Crippen LogP contribution is -2.32. The molecule has 2 aliphatic carbocycles. The summed E-state index contributed by atoms with van der Waals surface area (Å²) in [6, 6.07) is 4.39. The van der Waals surface area contributed by atoms with Crippen LogP contribution in [0.25, 0.3) is 10.9 Å². The zero-order chi connectivity index (χ0) is 21.3. The van der Waals surface area contributed by atoms with Crippen LogP contribution in [-0.2, 0) is 17.9 Å². The first kappa shape index (κ1) is 19.0. The molecule has 8 heteroatoms. The van der Waals surface area contributed by atoms with Crippen molar-refractivity contribution < 1.29 is 13.6 Å². The number of carbonyl (C=O) groups excluding carboxylic acids is 1. The Balaban J connectivity index is 1.51. The summed E-state index contributed by atoms with van der Waals surface area (Å²) < 4.78 is 29.8. The van der Waals surface area contributed by atoms with Crippen molar-refractivity contribution in [3.63, 3.8) is 0 Å². The first-order chi connectivity index (χ1) is 14.2. The Kier molecular flexibility index (Phi) is 3.94. The van der Waals surface area contributed by atoms with E-state index in [9.17, 15) is 18.4 Å². The zero-order valence-electron chi connectivity index (χ0n) is 16.8. The molecular weight excluding hydrogens is 390 g/mol. The van der Waals surface area contributed by atoms with Gasteiger partial charge in [0.1, 0.15) is 0 Å². The Labute approximate surface area is 171 Å². The van der Waals surface area contributed by atoms with Gasteiger partial charge in [-0.1, -0.05) is 18.2 Å². The summed E-state index contributed by atoms with van der Waals surface area (Å²) in [5.74, 6) is -3.20. The monoisotopic (exact) mass is 412 g/mol. The number of aromatic amines is 1. The number of hydrogen-bond donors (Lipinski definition) is 2. The second-order valence-electron chi connectivity index (χ2n) is 8.65. The average Bonchev–Trinajstić information content (AvgIpc) is 3.13. The highest BCUT2D eigenvalue weighted by molar-refractivity contribution is 6.05. The Morgan fingerprint density at radius 3 is 2.80 bits per heavy atom. The first-order valence-electron chi connectivity index (χ1n) is 10.1. The molecule has 5 rings (SSSR count). The molecule has 3 aromatic rings. The molecule has 0 saturated heterocycles. The predicted octanol–water partition coefficient (Wildman–Crippen LogP) is 3.76. The van der Waals surface area contributed by atoms with Gasteiger partial charge in [0.15, 0.2) is 0 Å². The number of halogens is 2. The molecule has 1 saturated carbocycles. The number of rotatable bonds is 4. The molecule has 2 heterocycles. The van der Waals surface area contributed by atoms with E-state index in [1.165, 1.54) is 12.3 Å². The van der Waals surface area contributed by atoms with Crippen LogP contribution in [0.1, 0.15) is 66.2 Å². The van der Waals surface area contributed by atoms with Crippen LogP contribution in [0.2, 0.25) is 0 Å². The maximum Gasteiger partial charge on any atom is 0.273 e. The van der Waals surface area contributed by atoms with Crippen LogP contribution in [0.4, 0.5) is 8.78 Å². The van der Waals surface area contributed by atoms with Gasteiger partial charge in [-0.3, -0.25) is 14.7 Å². The van der Waals surface area contributed by atoms with Crippen LogP contribution in [0.3, 0.4) is 0 Å². The fraction of sp³-hybridized carbons (Fsp3) is 0.409. The Morgan fingerprint density at radius 2 is 2.07 bits per heavy atom. The summed E-state index contributed by atoms with van der Waals surface area (Å²) in [6.45, 7) is 3.77. The summed E-state index contributed by atoms with van der Waals surface area (Å²) in [4.78, 5) is 25.9. The molecule has 2 N–H and O–H groups in total. The molecule has 1 aromatic carbocycles. The van der Waals surface area contributed by atoms with E-state index >= 15 is 0 Å². The fourth-order valence-electron chi connectivity index (χ4n) is 4.43. The Bertz CT molecular complexity index is 1240. The number of H-pyrrole nitrogens is 1. The van der Waals surface area contributed by atoms with E-state index in [2.05, 4.69) is 15.5 Å². The predicted molar refractivity (Wildman–Crippen MR) is 108 cm³/mol. The third kappa shape index (κ3) is 2.77. The van der Waals surface area contributed by atoms with Crippen molar-refractivity contribution in [2.45, 2.75) is 57.0 Å². The number of alkyl halides is 2. The van der Waals surface area contributed by atoms with E-state index in [0.29, 0.717) is 27.6 Å². The molecule has 2 aliphatic rings. The smallest absolute Gasteiger partial charge is 0.273 e. The minimum absolute atomic E-state index is 0.0484. The number of carbonyl (C=O) groups is 1. The van der Waals surface area contributed by atoms with Gasteiger partial charge in [0.25, 0.3) is 17.4 Å². The standard InChI is InChI=1S/C22H22F2N4O2/c1-12(13-4-3-5-17-14(13)6-7-22(17,23)24)26-19(29)16-11-28(21(2)8-9-21)20(30)15-10-25-27-18(15)16/h3-5,10-12H,6-9H2,1-2H3,(H,25,27)(H,26,29)/t12-/m1/s1. The molecule has 1 fully saturated rings. The van der Waals surface area contributed by atoms with Gasteiger partial charge in [-0.05, 0) is 44.2 Å². The van der Waals surface area contributed by atoms with Gasteiger partial charge in [0.2, 0.25) is 0 Å². The average molecular weight is 412 g/mol. The molecule has 0 spiro atoms. The molecule has 30 heavy (non-hydrogen) atoms. The highest BCUT2D eigenvalue weighted by Crippen LogP contribution is 2.44. The minimum atomic E-state index is -2.83. The topological polar surface area (TPSA) is 79.8 Å². The number of hydrogen-bond acceptors (Lipinski definition) is 3. The molecule has 2 aromatic heterocycles. The summed E-state index contributed by atoms with van der Waals surface area (Å²) in [7, 11) is 0.